The monoisotopic (exact) mass is 908 g/mol. The molecule has 11 heteroatoms. The summed E-state index contributed by atoms with van der Waals surface area (Å²) >= 11 is 0. The zero-order valence-electron chi connectivity index (χ0n) is 40.7. The predicted molar refractivity (Wildman–Crippen MR) is 260 cm³/mol. The van der Waals surface area contributed by atoms with Crippen LogP contribution in [0.25, 0.3) is 0 Å². The molecule has 0 aromatic heterocycles. The van der Waals surface area contributed by atoms with Gasteiger partial charge in [-0.05, 0) is 77.0 Å². The van der Waals surface area contributed by atoms with Crippen LogP contribution >= 0.6 is 0 Å². The lowest BCUT2D eigenvalue weighted by Gasteiger charge is -2.40. The third kappa shape index (κ3) is 33.4. The smallest absolute Gasteiger partial charge is 0.305 e. The molecular weight excluding hydrogens is 811 g/mol. The molecule has 1 heterocycles. The highest BCUT2D eigenvalue weighted by Crippen LogP contribution is 2.23. The lowest BCUT2D eigenvalue weighted by Crippen LogP contribution is -2.60. The molecule has 0 saturated carbocycles. The summed E-state index contributed by atoms with van der Waals surface area (Å²) in [5.74, 6) is -0.235. The second-order valence-electron chi connectivity index (χ2n) is 18.2. The zero-order valence-corrected chi connectivity index (χ0v) is 40.7. The molecule has 0 aromatic rings. The largest absolute Gasteiger partial charge is 0.466 e. The Morgan fingerprint density at radius 3 is 1.55 bits per heavy atom. The van der Waals surface area contributed by atoms with E-state index >= 15 is 0 Å². The number of hydrogen-bond acceptors (Lipinski definition) is 10. The van der Waals surface area contributed by atoms with Gasteiger partial charge in [0.05, 0.1) is 32.0 Å². The van der Waals surface area contributed by atoms with Crippen LogP contribution in [-0.2, 0) is 23.8 Å². The Labute approximate surface area is 390 Å². The zero-order chi connectivity index (χ0) is 46.7. The minimum atomic E-state index is -1.58. The van der Waals surface area contributed by atoms with Crippen molar-refractivity contribution in [2.75, 3.05) is 19.8 Å². The van der Waals surface area contributed by atoms with Gasteiger partial charge in [-0.1, -0.05) is 172 Å². The first-order chi connectivity index (χ1) is 31.2. The molecule has 1 saturated heterocycles. The van der Waals surface area contributed by atoms with Crippen molar-refractivity contribution in [3.8, 4) is 0 Å². The Morgan fingerprint density at radius 1 is 0.562 bits per heavy atom. The number of carbonyl (C=O) groups excluding carboxylic acids is 2. The first-order valence-electron chi connectivity index (χ1n) is 26.3. The molecule has 374 valence electrons. The third-order valence-electron chi connectivity index (χ3n) is 12.2. The molecule has 0 bridgehead atoms. The Kier molecular flexibility index (Phi) is 40.7. The van der Waals surface area contributed by atoms with Crippen LogP contribution in [-0.4, -0.2) is 100 Å². The SMILES string of the molecule is CCCC/C=C\CCCCCCCC(=O)OCCCCCCCCC/C=C\CCCCCCCC(=O)NC(COC1OC(CO)C(O)C(O)C1O)C(O)/C=C/CCCCCCCCC. The quantitative estimate of drug-likeness (QED) is 0.0196. The van der Waals surface area contributed by atoms with E-state index in [4.69, 9.17) is 14.2 Å². The van der Waals surface area contributed by atoms with E-state index in [1.807, 2.05) is 6.08 Å². The number of hydrogen-bond donors (Lipinski definition) is 6. The van der Waals surface area contributed by atoms with Gasteiger partial charge in [0.25, 0.3) is 0 Å². The number of allylic oxidation sites excluding steroid dienone is 5. The highest BCUT2D eigenvalue weighted by Gasteiger charge is 2.44. The maximum Gasteiger partial charge on any atom is 0.305 e. The fourth-order valence-corrected chi connectivity index (χ4v) is 7.94. The first kappa shape index (κ1) is 59.9. The van der Waals surface area contributed by atoms with Crippen molar-refractivity contribution in [2.24, 2.45) is 0 Å². The molecule has 64 heavy (non-hydrogen) atoms. The standard InChI is InChI=1S/C53H97NO10/c1-3-5-7-9-11-13-20-25-29-33-37-41-49(58)62-42-38-34-30-26-22-19-17-15-14-16-18-21-24-28-32-36-40-48(57)54-45(46(56)39-35-31-27-23-12-10-8-6-4-2)44-63-53-52(61)51(60)50(59)47(43-55)64-53/h9,11,14,16,35,39,45-47,50-53,55-56,59-61H,3-8,10,12-13,15,17-34,36-38,40-44H2,1-2H3,(H,54,57)/b11-9-,16-14-,39-35+. The van der Waals surface area contributed by atoms with Crippen molar-refractivity contribution >= 4 is 11.9 Å². The lowest BCUT2D eigenvalue weighted by atomic mass is 9.99. The fourth-order valence-electron chi connectivity index (χ4n) is 7.94. The van der Waals surface area contributed by atoms with E-state index in [1.165, 1.54) is 109 Å². The number of amides is 1. The average molecular weight is 908 g/mol. The molecule has 0 radical (unpaired) electrons. The lowest BCUT2D eigenvalue weighted by molar-refractivity contribution is -0.302. The number of unbranched alkanes of at least 4 members (excludes halogenated alkanes) is 26. The predicted octanol–water partition coefficient (Wildman–Crippen LogP) is 10.8. The van der Waals surface area contributed by atoms with E-state index in [-0.39, 0.29) is 18.5 Å². The number of carbonyl (C=O) groups is 2. The third-order valence-corrected chi connectivity index (χ3v) is 12.2. The van der Waals surface area contributed by atoms with Crippen molar-refractivity contribution in [3.63, 3.8) is 0 Å². The number of esters is 1. The highest BCUT2D eigenvalue weighted by molar-refractivity contribution is 5.76. The summed E-state index contributed by atoms with van der Waals surface area (Å²) in [5.41, 5.74) is 0. The number of aliphatic hydroxyl groups is 5. The van der Waals surface area contributed by atoms with Crippen LogP contribution in [0.5, 0.6) is 0 Å². The maximum absolute atomic E-state index is 12.9. The van der Waals surface area contributed by atoms with Gasteiger partial charge in [0.2, 0.25) is 5.91 Å². The molecule has 1 aliphatic rings. The van der Waals surface area contributed by atoms with Crippen LogP contribution in [0.2, 0.25) is 0 Å². The van der Waals surface area contributed by atoms with E-state index in [0.29, 0.717) is 19.4 Å². The van der Waals surface area contributed by atoms with Gasteiger partial charge >= 0.3 is 5.97 Å². The van der Waals surface area contributed by atoms with Gasteiger partial charge in [-0.15, -0.1) is 0 Å². The van der Waals surface area contributed by atoms with Gasteiger partial charge in [0.1, 0.15) is 24.4 Å². The van der Waals surface area contributed by atoms with Crippen LogP contribution in [0.4, 0.5) is 0 Å². The number of rotatable bonds is 44. The van der Waals surface area contributed by atoms with Gasteiger partial charge in [-0.3, -0.25) is 9.59 Å². The summed E-state index contributed by atoms with van der Waals surface area (Å²) in [4.78, 5) is 24.9. The van der Waals surface area contributed by atoms with Gasteiger partial charge in [0.15, 0.2) is 6.29 Å². The van der Waals surface area contributed by atoms with Gasteiger partial charge in [-0.25, -0.2) is 0 Å². The highest BCUT2D eigenvalue weighted by atomic mass is 16.7. The number of nitrogens with one attached hydrogen (secondary N) is 1. The van der Waals surface area contributed by atoms with Crippen LogP contribution in [0.1, 0.15) is 226 Å². The molecule has 0 spiro atoms. The Balaban J connectivity index is 2.13. The Hall–Kier alpha value is -2.12. The average Bonchev–Trinajstić information content (AvgIpc) is 3.29. The Bertz CT molecular complexity index is 1160. The Morgan fingerprint density at radius 2 is 1.02 bits per heavy atom. The molecular formula is C53H97NO10. The van der Waals surface area contributed by atoms with Crippen LogP contribution in [0.3, 0.4) is 0 Å². The second kappa shape index (κ2) is 43.5. The normalized spacial score (nSPS) is 20.1. The maximum atomic E-state index is 12.9. The molecule has 0 aliphatic carbocycles. The van der Waals surface area contributed by atoms with Crippen LogP contribution < -0.4 is 5.32 Å². The molecule has 6 N–H and O–H groups in total. The molecule has 0 aromatic carbocycles. The second-order valence-corrected chi connectivity index (χ2v) is 18.2. The van der Waals surface area contributed by atoms with Crippen molar-refractivity contribution in [1.29, 1.82) is 0 Å². The van der Waals surface area contributed by atoms with Gasteiger partial charge in [0, 0.05) is 12.8 Å². The van der Waals surface area contributed by atoms with E-state index in [9.17, 15) is 35.1 Å². The molecule has 7 unspecified atom stereocenters. The summed E-state index contributed by atoms with van der Waals surface area (Å²) in [6, 6.07) is -0.821. The van der Waals surface area contributed by atoms with Gasteiger partial charge < -0.3 is 45.1 Å². The van der Waals surface area contributed by atoms with Crippen LogP contribution in [0, 0.1) is 0 Å². The molecule has 1 rings (SSSR count). The molecule has 1 amide bonds. The first-order valence-corrected chi connectivity index (χ1v) is 26.3. The van der Waals surface area contributed by atoms with E-state index < -0.39 is 49.5 Å². The molecule has 1 fully saturated rings. The van der Waals surface area contributed by atoms with E-state index in [1.54, 1.807) is 6.08 Å². The summed E-state index contributed by atoms with van der Waals surface area (Å²) in [7, 11) is 0. The topological polar surface area (TPSA) is 175 Å². The van der Waals surface area contributed by atoms with Crippen molar-refractivity contribution in [3.05, 3.63) is 36.5 Å². The summed E-state index contributed by atoms with van der Waals surface area (Å²) < 4.78 is 16.6. The summed E-state index contributed by atoms with van der Waals surface area (Å²) in [5, 5.41) is 54.1. The number of ether oxygens (including phenoxy) is 3. The van der Waals surface area contributed by atoms with E-state index in [2.05, 4.69) is 43.5 Å². The molecule has 11 nitrogen and oxygen atoms in total. The molecule has 1 aliphatic heterocycles. The van der Waals surface area contributed by atoms with E-state index in [0.717, 1.165) is 89.9 Å². The minimum absolute atomic E-state index is 0.0328. The summed E-state index contributed by atoms with van der Waals surface area (Å²) in [6.07, 6.45) is 40.9. The van der Waals surface area contributed by atoms with Crippen molar-refractivity contribution in [1.82, 2.24) is 5.32 Å². The van der Waals surface area contributed by atoms with Gasteiger partial charge in [-0.2, -0.15) is 0 Å². The van der Waals surface area contributed by atoms with Crippen molar-refractivity contribution in [2.45, 2.75) is 269 Å². The number of aliphatic hydroxyl groups excluding tert-OH is 5. The fraction of sp³-hybridized carbons (Fsp3) is 0.849. The minimum Gasteiger partial charge on any atom is -0.466 e. The van der Waals surface area contributed by atoms with Crippen molar-refractivity contribution < 1.29 is 49.3 Å². The molecule has 7 atom stereocenters. The van der Waals surface area contributed by atoms with Crippen LogP contribution in [0.15, 0.2) is 36.5 Å². The summed E-state index contributed by atoms with van der Waals surface area (Å²) in [6.45, 7) is 4.22.